The lowest BCUT2D eigenvalue weighted by Crippen LogP contribution is -2.46. The highest BCUT2D eigenvalue weighted by Gasteiger charge is 2.40. The van der Waals surface area contributed by atoms with Crippen LogP contribution in [-0.4, -0.2) is 108 Å². The first-order valence-corrected chi connectivity index (χ1v) is 40.0. The molecule has 0 saturated heterocycles. The Bertz CT molecular complexity index is 3770. The smallest absolute Gasteiger partial charge is 0.229 e. The van der Waals surface area contributed by atoms with Crippen LogP contribution >= 0.6 is 11.1 Å². The number of aryl methyl sites for hydroxylation is 5. The number of hydrogen-bond donors (Lipinski definition) is 3. The van der Waals surface area contributed by atoms with Crippen molar-refractivity contribution < 1.29 is 41.9 Å². The van der Waals surface area contributed by atoms with Gasteiger partial charge in [0.05, 0.1) is 30.0 Å². The molecule has 0 saturated carbocycles. The third kappa shape index (κ3) is 25.2. The number of benzene rings is 3. The predicted octanol–water partition coefficient (Wildman–Crippen LogP) is 17.9. The van der Waals surface area contributed by atoms with Gasteiger partial charge in [-0.15, -0.1) is 0 Å². The van der Waals surface area contributed by atoms with Gasteiger partial charge < -0.3 is 23.4 Å². The molecule has 3 aliphatic carbocycles. The van der Waals surface area contributed by atoms with Crippen molar-refractivity contribution in [1.82, 2.24) is 48.3 Å². The Morgan fingerprint density at radius 1 is 0.589 bits per heavy atom. The van der Waals surface area contributed by atoms with Crippen molar-refractivity contribution in [2.75, 3.05) is 0 Å². The van der Waals surface area contributed by atoms with Crippen molar-refractivity contribution >= 4 is 70.6 Å². The van der Waals surface area contributed by atoms with Crippen LogP contribution < -0.4 is 0 Å². The van der Waals surface area contributed by atoms with E-state index >= 15 is 0 Å². The zero-order valence-electron chi connectivity index (χ0n) is 56.6. The summed E-state index contributed by atoms with van der Waals surface area (Å²) in [6, 6.07) is 13.0. The molecule has 0 spiro atoms. The normalized spacial score (nSPS) is 13.5. The summed E-state index contributed by atoms with van der Waals surface area (Å²) in [6.45, 7) is 43.6. The largest absolute Gasteiger partial charge is 0.364 e. The van der Waals surface area contributed by atoms with E-state index in [0.717, 1.165) is 68.9 Å². The van der Waals surface area contributed by atoms with Gasteiger partial charge in [-0.1, -0.05) is 150 Å². The highest BCUT2D eigenvalue weighted by atomic mass is 35.6. The molecule has 11 rings (SSSR count). The monoisotopic (exact) mass is 1380 g/mol. The summed E-state index contributed by atoms with van der Waals surface area (Å²) in [7, 11) is -4.50. The van der Waals surface area contributed by atoms with E-state index in [9.17, 15) is 41.9 Å². The van der Waals surface area contributed by atoms with E-state index in [4.69, 9.17) is 11.1 Å². The van der Waals surface area contributed by atoms with E-state index in [0.29, 0.717) is 59.3 Å². The topological polar surface area (TPSA) is 224 Å². The average Bonchev–Trinajstić information content (AvgIpc) is 1.69. The lowest BCUT2D eigenvalue weighted by molar-refractivity contribution is -0.119. The molecule has 5 aromatic heterocycles. The molecule has 5 heterocycles. The third-order valence-corrected chi connectivity index (χ3v) is 32.8. The first-order chi connectivity index (χ1) is 42.0. The average molecular weight is 1390 g/mol. The number of aromatic nitrogens is 10. The molecule has 3 aliphatic rings. The maximum absolute atomic E-state index is 13.3. The van der Waals surface area contributed by atoms with Crippen LogP contribution in [0.15, 0.2) is 98.2 Å². The van der Waals surface area contributed by atoms with Gasteiger partial charge in [-0.2, -0.15) is 11.1 Å². The Morgan fingerprint density at radius 2 is 1.12 bits per heavy atom. The molecule has 23 heteroatoms. The van der Waals surface area contributed by atoms with Gasteiger partial charge in [0.15, 0.2) is 48.1 Å². The van der Waals surface area contributed by atoms with E-state index in [2.05, 4.69) is 156 Å². The minimum atomic E-state index is -1.70. The summed E-state index contributed by atoms with van der Waals surface area (Å²) < 4.78 is 42.9. The van der Waals surface area contributed by atoms with Crippen LogP contribution in [0, 0.1) is 52.1 Å². The maximum Gasteiger partial charge on any atom is 0.229 e. The number of nitrogens with one attached hydrogen (secondary N) is 3. The predicted molar refractivity (Wildman–Crippen MR) is 390 cm³/mol. The fraction of sp³-hybridized carbons (Fsp3) is 0.458. The molecule has 0 amide bonds. The van der Waals surface area contributed by atoms with Gasteiger partial charge in [0, 0.05) is 85.7 Å². The molecular weight excluding hydrogens is 1280 g/mol. The second kappa shape index (κ2) is 36.5. The first-order valence-electron chi connectivity index (χ1n) is 30.1. The molecule has 522 valence electrons. The number of ketones is 4. The van der Waals surface area contributed by atoms with Crippen LogP contribution in [0.2, 0.25) is 54.4 Å². The SMILES string of the molecule is C.C.C.C.CC(C)(C)[Si](C)(C)Cl.Cc1cn([Si](C)(C)C(C)(C)C)c(C=O)n1.Cc1cn([Si](C)(C)C(C)(C)C)cn1.Cc1cnc(C=O)[nH]1.Cc1cnc(CC2C(=O)Cc3ccc(F)cc32)[nH]1.Cc1cnc[nH]1.O=C1Cc2ccc(F)cc2C1.O=C1Cc2ccc(F)cc2C1=O. The quantitative estimate of drug-likeness (QED) is 0.0614. The minimum absolute atomic E-state index is 0. The van der Waals surface area contributed by atoms with Crippen LogP contribution in [0.5, 0.6) is 0 Å². The molecule has 0 bridgehead atoms. The van der Waals surface area contributed by atoms with E-state index in [1.54, 1.807) is 37.1 Å². The van der Waals surface area contributed by atoms with Crippen LogP contribution in [0.4, 0.5) is 13.2 Å². The molecule has 8 aromatic rings. The number of imidazole rings is 5. The number of aldehydes is 2. The van der Waals surface area contributed by atoms with Gasteiger partial charge >= 0.3 is 0 Å². The van der Waals surface area contributed by atoms with E-state index < -0.39 is 41.2 Å². The van der Waals surface area contributed by atoms with E-state index in [1.165, 1.54) is 36.4 Å². The highest BCUT2D eigenvalue weighted by Crippen LogP contribution is 2.40. The number of carbonyl (C=O) groups excluding carboxylic acids is 6. The van der Waals surface area contributed by atoms with Crippen molar-refractivity contribution in [1.29, 1.82) is 0 Å². The third-order valence-electron chi connectivity index (χ3n) is 17.1. The molecule has 1 atom stereocenters. The number of hydrogen-bond acceptors (Lipinski definition) is 11. The van der Waals surface area contributed by atoms with Crippen molar-refractivity contribution in [3.63, 3.8) is 0 Å². The number of aromatic amines is 3. The second-order valence-electron chi connectivity index (χ2n) is 27.6. The molecule has 16 nitrogen and oxygen atoms in total. The highest BCUT2D eigenvalue weighted by molar-refractivity contribution is 7.20. The van der Waals surface area contributed by atoms with Crippen LogP contribution in [-0.2, 0) is 46.5 Å². The van der Waals surface area contributed by atoms with Crippen LogP contribution in [0.25, 0.3) is 0 Å². The summed E-state index contributed by atoms with van der Waals surface area (Å²) in [6.07, 6.45) is 16.4. The Hall–Kier alpha value is -7.54. The van der Waals surface area contributed by atoms with Crippen molar-refractivity contribution in [3.05, 3.63) is 195 Å². The van der Waals surface area contributed by atoms with Crippen LogP contribution in [0.3, 0.4) is 0 Å². The summed E-state index contributed by atoms with van der Waals surface area (Å²) >= 11 is 6.15. The van der Waals surface area contributed by atoms with Gasteiger partial charge in [0.25, 0.3) is 0 Å². The van der Waals surface area contributed by atoms with Gasteiger partial charge in [-0.3, -0.25) is 28.8 Å². The number of fused-ring (bicyclic) bond motifs is 3. The van der Waals surface area contributed by atoms with Gasteiger partial charge in [-0.25, -0.2) is 38.1 Å². The van der Waals surface area contributed by atoms with Gasteiger partial charge in [-0.05, 0) is 114 Å². The number of rotatable bonds is 6. The zero-order valence-corrected chi connectivity index (χ0v) is 60.4. The first kappa shape index (κ1) is 87.5. The summed E-state index contributed by atoms with van der Waals surface area (Å²) in [5.74, 6) is -0.222. The number of nitrogens with zero attached hydrogens (tertiary/aromatic N) is 7. The van der Waals surface area contributed by atoms with E-state index in [1.807, 2.05) is 47.1 Å². The van der Waals surface area contributed by atoms with Gasteiger partial charge in [0.2, 0.25) is 11.6 Å². The Kier molecular flexibility index (Phi) is 33.6. The maximum atomic E-state index is 13.3. The second-order valence-corrected chi connectivity index (χ2v) is 45.1. The minimum Gasteiger partial charge on any atom is -0.364 e. The number of H-pyrrole nitrogens is 3. The summed E-state index contributed by atoms with van der Waals surface area (Å²) in [5.41, 5.74) is 9.46. The Balaban J connectivity index is 0.00000108. The standard InChI is InChI=1S/C14H13FN2O.C11H20N2OSi.C10H20N2Si.C9H5FO2.C9H7FO.C6H15ClSi.C5H6N2O.C4H6N2.4CH4/c1-8-7-16-14(17-8)6-12-11-5-10(15)3-2-9(11)4-13(12)18;1-9-7-13(10(8-14)12-9)15(5,6)11(2,3)4;1-9-7-12(8-11-9)13(5,6)10(2,3)4;10-6-2-1-5-3-8(11)9(12)7(5)4-6;10-8-2-1-6-4-9(11)5-7(6)3-8;1-6(2,3)8(4,5)7;1-4-2-6-5(3-8)7-4;1-4-2-5-3-6-4;;;;/h2-3,5,7,12H,4,6H2,1H3,(H,16,17);7-8H,1-6H3;7-8H,1-6H3;1-2,4H,3H2;1-3H,4-5H2;1-5H3;2-3H,1H3,(H,6,7);2-3H,1H3,(H,5,6);4*1H4. The number of Topliss-reactive ketones (excluding diaryl/α,β-unsaturated/α-hetero) is 4. The number of halogens is 4. The lowest BCUT2D eigenvalue weighted by Gasteiger charge is -2.38. The Labute approximate surface area is 571 Å². The van der Waals surface area contributed by atoms with Crippen molar-refractivity contribution in [2.24, 2.45) is 0 Å². The Morgan fingerprint density at radius 3 is 1.56 bits per heavy atom. The molecule has 1 unspecified atom stereocenters. The van der Waals surface area contributed by atoms with E-state index in [-0.39, 0.29) is 75.8 Å². The molecular formula is C72H108ClF3N10O6Si3. The molecule has 0 aliphatic heterocycles. The molecule has 0 radical (unpaired) electrons. The van der Waals surface area contributed by atoms with Crippen molar-refractivity contribution in [2.45, 2.75) is 219 Å². The summed E-state index contributed by atoms with van der Waals surface area (Å²) in [5, 5.41) is 0.923. The zero-order chi connectivity index (χ0) is 68.8. The van der Waals surface area contributed by atoms with Gasteiger partial charge in [0.1, 0.15) is 34.8 Å². The van der Waals surface area contributed by atoms with Crippen molar-refractivity contribution in [3.8, 4) is 0 Å². The fourth-order valence-corrected chi connectivity index (χ4v) is 12.1. The van der Waals surface area contributed by atoms with Crippen LogP contribution in [0.1, 0.15) is 192 Å². The molecule has 3 N–H and O–H groups in total. The number of carbonyl (C=O) groups is 6. The lowest BCUT2D eigenvalue weighted by atomic mass is 9.97. The molecule has 3 aromatic carbocycles. The fourth-order valence-electron chi connectivity index (χ4n) is 8.60. The molecule has 0 fully saturated rings. The summed E-state index contributed by atoms with van der Waals surface area (Å²) in [4.78, 5) is 94.6. The molecule has 95 heavy (non-hydrogen) atoms.